The predicted octanol–water partition coefficient (Wildman–Crippen LogP) is 6.19. The molecule has 0 amide bonds. The molecule has 128 valence electrons. The molecular weight excluding hydrogens is 309 g/mol. The summed E-state index contributed by atoms with van der Waals surface area (Å²) in [7, 11) is 0. The minimum atomic E-state index is -0.0699. The Kier molecular flexibility index (Phi) is 5.49. The molecule has 2 aromatic rings. The van der Waals surface area contributed by atoms with E-state index in [-0.39, 0.29) is 5.83 Å². The molecule has 2 aromatic carbocycles. The third-order valence-electron chi connectivity index (χ3n) is 4.58. The minimum absolute atomic E-state index is 0.0699. The van der Waals surface area contributed by atoms with E-state index < -0.39 is 0 Å². The Hall–Kier alpha value is -2.61. The van der Waals surface area contributed by atoms with Gasteiger partial charge in [-0.3, -0.25) is 0 Å². The van der Waals surface area contributed by atoms with Crippen LogP contribution in [0.4, 0.5) is 4.39 Å². The minimum Gasteiger partial charge on any atom is -0.385 e. The molecule has 0 heterocycles. The Labute approximate surface area is 149 Å². The predicted molar refractivity (Wildman–Crippen MR) is 105 cm³/mol. The molecule has 0 aromatic heterocycles. The first-order valence-electron chi connectivity index (χ1n) is 8.80. The zero-order valence-electron chi connectivity index (χ0n) is 14.7. The molecule has 0 fully saturated rings. The third kappa shape index (κ3) is 4.08. The first-order valence-corrected chi connectivity index (χ1v) is 8.80. The van der Waals surface area contributed by atoms with E-state index in [0.29, 0.717) is 13.0 Å². The van der Waals surface area contributed by atoms with Gasteiger partial charge in [0.25, 0.3) is 0 Å². The Balaban J connectivity index is 1.74. The fourth-order valence-electron chi connectivity index (χ4n) is 3.28. The zero-order chi connectivity index (χ0) is 17.6. The first-order chi connectivity index (χ1) is 12.2. The Bertz CT molecular complexity index is 815. The number of allylic oxidation sites excluding steroid dienone is 3. The number of rotatable bonds is 6. The van der Waals surface area contributed by atoms with Gasteiger partial charge in [0.15, 0.2) is 0 Å². The molecular formula is C23H24FN. The molecule has 1 nitrogen and oxygen atoms in total. The summed E-state index contributed by atoms with van der Waals surface area (Å²) in [6.45, 7) is 7.01. The molecule has 0 radical (unpaired) electrons. The van der Waals surface area contributed by atoms with Gasteiger partial charge in [0.1, 0.15) is 5.83 Å². The molecule has 25 heavy (non-hydrogen) atoms. The summed E-state index contributed by atoms with van der Waals surface area (Å²) in [5.74, 6) is -0.0699. The van der Waals surface area contributed by atoms with Gasteiger partial charge < -0.3 is 5.32 Å². The van der Waals surface area contributed by atoms with Gasteiger partial charge in [-0.25, -0.2) is 4.39 Å². The molecule has 0 saturated carbocycles. The van der Waals surface area contributed by atoms with Crippen molar-refractivity contribution in [2.24, 2.45) is 0 Å². The Morgan fingerprint density at radius 1 is 1.04 bits per heavy atom. The highest BCUT2D eigenvalue weighted by Gasteiger charge is 2.12. The molecule has 0 aliphatic heterocycles. The third-order valence-corrected chi connectivity index (χ3v) is 4.58. The van der Waals surface area contributed by atoms with Crippen LogP contribution in [0.25, 0.3) is 16.8 Å². The summed E-state index contributed by atoms with van der Waals surface area (Å²) in [5.41, 5.74) is 6.34. The van der Waals surface area contributed by atoms with Crippen molar-refractivity contribution >= 4 is 5.70 Å². The van der Waals surface area contributed by atoms with Crippen molar-refractivity contribution in [2.75, 3.05) is 6.54 Å². The van der Waals surface area contributed by atoms with Crippen LogP contribution in [0.2, 0.25) is 0 Å². The van der Waals surface area contributed by atoms with Gasteiger partial charge in [0.05, 0.1) is 0 Å². The highest BCUT2D eigenvalue weighted by Crippen LogP contribution is 2.30. The monoisotopic (exact) mass is 333 g/mol. The molecule has 0 spiro atoms. The second kappa shape index (κ2) is 7.98. The van der Waals surface area contributed by atoms with E-state index in [2.05, 4.69) is 49.2 Å². The number of hydrogen-bond acceptors (Lipinski definition) is 1. The summed E-state index contributed by atoms with van der Waals surface area (Å²) in [6.07, 6.45) is 6.09. The number of halogens is 1. The van der Waals surface area contributed by atoms with E-state index >= 15 is 0 Å². The van der Waals surface area contributed by atoms with E-state index in [4.69, 9.17) is 0 Å². The van der Waals surface area contributed by atoms with Crippen molar-refractivity contribution in [1.29, 1.82) is 0 Å². The van der Waals surface area contributed by atoms with E-state index in [1.54, 1.807) is 6.08 Å². The highest BCUT2D eigenvalue weighted by atomic mass is 19.1. The maximum atomic E-state index is 13.8. The van der Waals surface area contributed by atoms with Crippen LogP contribution < -0.4 is 5.32 Å². The van der Waals surface area contributed by atoms with Crippen LogP contribution >= 0.6 is 0 Å². The van der Waals surface area contributed by atoms with E-state index in [0.717, 1.165) is 29.7 Å². The number of hydrogen-bond donors (Lipinski definition) is 1. The number of aryl methyl sites for hydroxylation is 1. The maximum Gasteiger partial charge on any atom is 0.122 e. The lowest BCUT2D eigenvalue weighted by Crippen LogP contribution is -2.15. The number of benzene rings is 2. The molecule has 3 rings (SSSR count). The fourth-order valence-corrected chi connectivity index (χ4v) is 3.28. The molecule has 1 N–H and O–H groups in total. The van der Waals surface area contributed by atoms with E-state index in [1.165, 1.54) is 16.7 Å². The summed E-state index contributed by atoms with van der Waals surface area (Å²) < 4.78 is 13.8. The maximum absolute atomic E-state index is 13.8. The van der Waals surface area contributed by atoms with Crippen LogP contribution in [0.5, 0.6) is 0 Å². The van der Waals surface area contributed by atoms with Gasteiger partial charge >= 0.3 is 0 Å². The zero-order valence-corrected chi connectivity index (χ0v) is 14.7. The van der Waals surface area contributed by atoms with Gasteiger partial charge in [0, 0.05) is 17.8 Å². The van der Waals surface area contributed by atoms with Crippen LogP contribution in [0.15, 0.2) is 78.7 Å². The summed E-state index contributed by atoms with van der Waals surface area (Å²) in [6, 6.07) is 16.6. The second-order valence-electron chi connectivity index (χ2n) is 6.38. The smallest absolute Gasteiger partial charge is 0.122 e. The molecule has 0 unspecified atom stereocenters. The summed E-state index contributed by atoms with van der Waals surface area (Å²) in [5, 5.41) is 3.39. The van der Waals surface area contributed by atoms with Gasteiger partial charge in [-0.1, -0.05) is 61.2 Å². The van der Waals surface area contributed by atoms with Gasteiger partial charge in [-0.05, 0) is 54.5 Å². The lowest BCUT2D eigenvalue weighted by molar-refractivity contribution is 0.618. The average molecular weight is 333 g/mol. The van der Waals surface area contributed by atoms with Crippen molar-refractivity contribution < 1.29 is 4.39 Å². The molecule has 2 heteroatoms. The van der Waals surface area contributed by atoms with Crippen molar-refractivity contribution in [3.63, 3.8) is 0 Å². The topological polar surface area (TPSA) is 12.0 Å². The van der Waals surface area contributed by atoms with Crippen LogP contribution in [0.1, 0.15) is 30.4 Å². The van der Waals surface area contributed by atoms with Crippen LogP contribution in [0.3, 0.4) is 0 Å². The van der Waals surface area contributed by atoms with Crippen molar-refractivity contribution in [2.45, 2.75) is 26.2 Å². The fraction of sp³-hybridized carbons (Fsp3) is 0.217. The van der Waals surface area contributed by atoms with E-state index in [1.807, 2.05) is 24.3 Å². The molecule has 1 aliphatic carbocycles. The second-order valence-corrected chi connectivity index (χ2v) is 6.38. The SMILES string of the molecule is C=C(NCCC1=CCCC=C1F)c1c(C)cccc1-c1ccccc1. The van der Waals surface area contributed by atoms with E-state index in [9.17, 15) is 4.39 Å². The van der Waals surface area contributed by atoms with Gasteiger partial charge in [-0.15, -0.1) is 0 Å². The van der Waals surface area contributed by atoms with Crippen molar-refractivity contribution in [3.05, 3.63) is 89.8 Å². The Morgan fingerprint density at radius 3 is 2.56 bits per heavy atom. The molecule has 0 bridgehead atoms. The first kappa shape index (κ1) is 17.2. The Morgan fingerprint density at radius 2 is 1.80 bits per heavy atom. The lowest BCUT2D eigenvalue weighted by atomic mass is 9.94. The summed E-state index contributed by atoms with van der Waals surface area (Å²) in [4.78, 5) is 0. The molecule has 0 atom stereocenters. The van der Waals surface area contributed by atoms with Gasteiger partial charge in [0.2, 0.25) is 0 Å². The average Bonchev–Trinajstić information content (AvgIpc) is 2.63. The summed E-state index contributed by atoms with van der Waals surface area (Å²) >= 11 is 0. The number of nitrogens with one attached hydrogen (secondary N) is 1. The van der Waals surface area contributed by atoms with Crippen LogP contribution in [-0.2, 0) is 0 Å². The van der Waals surface area contributed by atoms with Crippen molar-refractivity contribution in [3.8, 4) is 11.1 Å². The van der Waals surface area contributed by atoms with Crippen LogP contribution in [-0.4, -0.2) is 6.54 Å². The normalized spacial score (nSPS) is 13.8. The van der Waals surface area contributed by atoms with Crippen molar-refractivity contribution in [1.82, 2.24) is 5.32 Å². The largest absolute Gasteiger partial charge is 0.385 e. The highest BCUT2D eigenvalue weighted by molar-refractivity contribution is 5.81. The molecule has 0 saturated heterocycles. The van der Waals surface area contributed by atoms with Gasteiger partial charge in [-0.2, -0.15) is 0 Å². The lowest BCUT2D eigenvalue weighted by Gasteiger charge is -2.18. The van der Waals surface area contributed by atoms with Crippen LogP contribution in [0, 0.1) is 6.92 Å². The molecule has 1 aliphatic rings. The quantitative estimate of drug-likeness (QED) is 0.665. The standard InChI is InChI=1S/C23H24FN/c1-17-9-8-13-21(19-10-4-3-5-11-19)23(17)18(2)25-16-15-20-12-6-7-14-22(20)24/h3-5,8-14,25H,2,6-7,15-16H2,1H3.